The molecule has 0 amide bonds. The zero-order valence-electron chi connectivity index (χ0n) is 23.3. The van der Waals surface area contributed by atoms with Gasteiger partial charge in [-0.3, -0.25) is 0 Å². The standard InChI is InChI=1S/C40H25N3/c41-25-29-12-10-13-30(26-42)39(29)28-21-22-34-31(24-28)23-27-11-4-5-16-33(27)40(34)35-17-6-8-19-37(35)43(32-14-2-1-3-15-32)38-20-9-7-18-36(38)40/h1-22,24H,23H2. The van der Waals surface area contributed by atoms with Crippen molar-refractivity contribution in [2.24, 2.45) is 0 Å². The molecule has 3 heteroatoms. The zero-order chi connectivity index (χ0) is 29.0. The summed E-state index contributed by atoms with van der Waals surface area (Å²) in [5.74, 6) is 0. The number of hydrogen-bond acceptors (Lipinski definition) is 3. The Hall–Kier alpha value is -5.90. The van der Waals surface area contributed by atoms with E-state index in [0.717, 1.165) is 29.0 Å². The van der Waals surface area contributed by atoms with Crippen molar-refractivity contribution >= 4 is 17.1 Å². The van der Waals surface area contributed by atoms with Crippen LogP contribution in [-0.4, -0.2) is 0 Å². The molecular weight excluding hydrogens is 522 g/mol. The lowest BCUT2D eigenvalue weighted by Gasteiger charge is -2.49. The molecule has 0 bridgehead atoms. The molecule has 0 unspecified atom stereocenters. The van der Waals surface area contributed by atoms with Crippen LogP contribution >= 0.6 is 0 Å². The van der Waals surface area contributed by atoms with Gasteiger partial charge in [-0.2, -0.15) is 10.5 Å². The van der Waals surface area contributed by atoms with Crippen LogP contribution in [0.3, 0.4) is 0 Å². The number of anilines is 3. The SMILES string of the molecule is N#Cc1cccc(C#N)c1-c1ccc2c(c1)Cc1ccccc1C21c2ccccc2N(c2ccccc2)c2ccccc21. The predicted octanol–water partition coefficient (Wildman–Crippen LogP) is 9.17. The average Bonchev–Trinajstić information content (AvgIpc) is 3.08. The molecule has 0 saturated carbocycles. The van der Waals surface area contributed by atoms with Crippen LogP contribution in [-0.2, 0) is 11.8 Å². The Bertz CT molecular complexity index is 2070. The minimum atomic E-state index is -0.548. The largest absolute Gasteiger partial charge is 0.310 e. The molecule has 6 aromatic rings. The minimum Gasteiger partial charge on any atom is -0.310 e. The topological polar surface area (TPSA) is 50.8 Å². The molecule has 8 rings (SSSR count). The second-order valence-corrected chi connectivity index (χ2v) is 11.1. The molecule has 200 valence electrons. The summed E-state index contributed by atoms with van der Waals surface area (Å²) in [4.78, 5) is 2.38. The summed E-state index contributed by atoms with van der Waals surface area (Å²) in [5, 5.41) is 19.9. The summed E-state index contributed by atoms with van der Waals surface area (Å²) in [6.45, 7) is 0. The molecule has 43 heavy (non-hydrogen) atoms. The summed E-state index contributed by atoms with van der Waals surface area (Å²) in [7, 11) is 0. The Morgan fingerprint density at radius 3 is 1.72 bits per heavy atom. The van der Waals surface area contributed by atoms with Crippen LogP contribution in [0, 0.1) is 22.7 Å². The molecule has 1 spiro atoms. The molecule has 0 saturated heterocycles. The van der Waals surface area contributed by atoms with Crippen LogP contribution in [0.4, 0.5) is 17.1 Å². The molecule has 0 radical (unpaired) electrons. The molecule has 2 aliphatic rings. The first-order valence-electron chi connectivity index (χ1n) is 14.4. The second kappa shape index (κ2) is 9.59. The van der Waals surface area contributed by atoms with Crippen molar-refractivity contribution in [3.63, 3.8) is 0 Å². The summed E-state index contributed by atoms with van der Waals surface area (Å²) in [6.07, 6.45) is 0.768. The molecule has 1 heterocycles. The van der Waals surface area contributed by atoms with Crippen molar-refractivity contribution in [1.29, 1.82) is 10.5 Å². The first-order valence-corrected chi connectivity index (χ1v) is 14.4. The van der Waals surface area contributed by atoms with Crippen LogP contribution < -0.4 is 4.90 Å². The number of nitrogens with zero attached hydrogens (tertiary/aromatic N) is 3. The van der Waals surface area contributed by atoms with Crippen molar-refractivity contribution < 1.29 is 0 Å². The maximum Gasteiger partial charge on any atom is 0.0998 e. The van der Waals surface area contributed by atoms with E-state index in [4.69, 9.17) is 0 Å². The number of benzene rings is 6. The number of hydrogen-bond donors (Lipinski definition) is 0. The predicted molar refractivity (Wildman–Crippen MR) is 171 cm³/mol. The van der Waals surface area contributed by atoms with Crippen LogP contribution in [0.2, 0.25) is 0 Å². The Morgan fingerprint density at radius 2 is 1.07 bits per heavy atom. The van der Waals surface area contributed by atoms with Crippen LogP contribution in [0.1, 0.15) is 44.5 Å². The highest BCUT2D eigenvalue weighted by Crippen LogP contribution is 2.60. The lowest BCUT2D eigenvalue weighted by Crippen LogP contribution is -2.41. The van der Waals surface area contributed by atoms with Gasteiger partial charge in [0.1, 0.15) is 0 Å². The summed E-state index contributed by atoms with van der Waals surface area (Å²) in [5.41, 5.74) is 13.0. The molecule has 3 nitrogen and oxygen atoms in total. The molecular formula is C40H25N3. The van der Waals surface area contributed by atoms with Crippen molar-refractivity contribution in [3.8, 4) is 23.3 Å². The lowest BCUT2D eigenvalue weighted by atomic mass is 9.57. The average molecular weight is 548 g/mol. The molecule has 6 aromatic carbocycles. The van der Waals surface area contributed by atoms with Gasteiger partial charge in [-0.15, -0.1) is 0 Å². The van der Waals surface area contributed by atoms with Gasteiger partial charge in [-0.25, -0.2) is 0 Å². The van der Waals surface area contributed by atoms with Gasteiger partial charge in [0.15, 0.2) is 0 Å². The number of nitriles is 2. The summed E-state index contributed by atoms with van der Waals surface area (Å²) < 4.78 is 0. The monoisotopic (exact) mass is 547 g/mol. The van der Waals surface area contributed by atoms with E-state index in [2.05, 4.69) is 138 Å². The number of para-hydroxylation sites is 3. The summed E-state index contributed by atoms with van der Waals surface area (Å²) >= 11 is 0. The third kappa shape index (κ3) is 3.46. The number of fused-ring (bicyclic) bond motifs is 8. The van der Waals surface area contributed by atoms with Gasteiger partial charge in [-0.1, -0.05) is 103 Å². The van der Waals surface area contributed by atoms with Gasteiger partial charge in [0.2, 0.25) is 0 Å². The Balaban J connectivity index is 1.47. The van der Waals surface area contributed by atoms with E-state index in [0.29, 0.717) is 16.7 Å². The first-order chi connectivity index (χ1) is 21.3. The van der Waals surface area contributed by atoms with E-state index >= 15 is 0 Å². The Labute approximate surface area is 251 Å². The van der Waals surface area contributed by atoms with Crippen molar-refractivity contribution in [1.82, 2.24) is 0 Å². The molecule has 1 aliphatic heterocycles. The number of rotatable bonds is 2. The lowest BCUT2D eigenvalue weighted by molar-refractivity contribution is 0.693. The van der Waals surface area contributed by atoms with Crippen molar-refractivity contribution in [2.45, 2.75) is 11.8 Å². The van der Waals surface area contributed by atoms with E-state index in [1.807, 2.05) is 0 Å². The fraction of sp³-hybridized carbons (Fsp3) is 0.0500. The van der Waals surface area contributed by atoms with Gasteiger partial charge in [0.25, 0.3) is 0 Å². The van der Waals surface area contributed by atoms with Gasteiger partial charge < -0.3 is 4.90 Å². The first kappa shape index (κ1) is 24.9. The fourth-order valence-electron chi connectivity index (χ4n) is 7.38. The fourth-order valence-corrected chi connectivity index (χ4v) is 7.38. The van der Waals surface area contributed by atoms with E-state index in [1.165, 1.54) is 33.4 Å². The molecule has 0 aromatic heterocycles. The highest BCUT2D eigenvalue weighted by molar-refractivity contribution is 5.90. The van der Waals surface area contributed by atoms with E-state index in [1.54, 1.807) is 18.2 Å². The normalized spacial score (nSPS) is 13.6. The Morgan fingerprint density at radius 1 is 0.512 bits per heavy atom. The molecule has 0 N–H and O–H groups in total. The van der Waals surface area contributed by atoms with Gasteiger partial charge in [0.05, 0.1) is 40.1 Å². The smallest absolute Gasteiger partial charge is 0.0998 e. The van der Waals surface area contributed by atoms with E-state index in [-0.39, 0.29) is 0 Å². The second-order valence-electron chi connectivity index (χ2n) is 11.1. The van der Waals surface area contributed by atoms with Gasteiger partial charge in [-0.05, 0) is 81.8 Å². The highest BCUT2D eigenvalue weighted by atomic mass is 15.2. The third-order valence-electron chi connectivity index (χ3n) is 9.02. The highest BCUT2D eigenvalue weighted by Gasteiger charge is 2.49. The van der Waals surface area contributed by atoms with E-state index < -0.39 is 5.41 Å². The van der Waals surface area contributed by atoms with Gasteiger partial charge >= 0.3 is 0 Å². The van der Waals surface area contributed by atoms with Crippen LogP contribution in [0.15, 0.2) is 140 Å². The van der Waals surface area contributed by atoms with Gasteiger partial charge in [0, 0.05) is 11.3 Å². The maximum absolute atomic E-state index is 9.94. The summed E-state index contributed by atoms with van der Waals surface area (Å²) in [6, 6.07) is 53.4. The van der Waals surface area contributed by atoms with Crippen LogP contribution in [0.5, 0.6) is 0 Å². The van der Waals surface area contributed by atoms with Crippen molar-refractivity contribution in [3.05, 3.63) is 184 Å². The Kier molecular flexibility index (Phi) is 5.54. The molecule has 1 aliphatic carbocycles. The van der Waals surface area contributed by atoms with Crippen LogP contribution in [0.25, 0.3) is 11.1 Å². The molecule has 0 fully saturated rings. The maximum atomic E-state index is 9.94. The molecule has 0 atom stereocenters. The quantitative estimate of drug-likeness (QED) is 0.217. The third-order valence-corrected chi connectivity index (χ3v) is 9.02. The van der Waals surface area contributed by atoms with E-state index in [9.17, 15) is 10.5 Å². The van der Waals surface area contributed by atoms with Crippen molar-refractivity contribution in [2.75, 3.05) is 4.90 Å². The minimum absolute atomic E-state index is 0.511. The zero-order valence-corrected chi connectivity index (χ0v) is 23.3.